The second-order valence-corrected chi connectivity index (χ2v) is 8.79. The summed E-state index contributed by atoms with van der Waals surface area (Å²) in [5.74, 6) is 0.291. The third-order valence-corrected chi connectivity index (χ3v) is 5.75. The van der Waals surface area contributed by atoms with Crippen LogP contribution < -0.4 is 9.47 Å². The number of para-hydroxylation sites is 2. The molecule has 0 amide bonds. The molecule has 0 aliphatic carbocycles. The Balaban J connectivity index is 1.21. The molecule has 5 nitrogen and oxygen atoms in total. The first kappa shape index (κ1) is 26.9. The zero-order valence-corrected chi connectivity index (χ0v) is 21.1. The first-order valence-electron chi connectivity index (χ1n) is 11.7. The molecule has 0 unspecified atom stereocenters. The highest BCUT2D eigenvalue weighted by Crippen LogP contribution is 2.28. The minimum Gasteiger partial charge on any atom is -0.454 e. The van der Waals surface area contributed by atoms with Gasteiger partial charge in [0.05, 0.1) is 0 Å². The van der Waals surface area contributed by atoms with Crippen molar-refractivity contribution in [2.45, 2.75) is 0 Å². The Bertz CT molecular complexity index is 1300. The Morgan fingerprint density at radius 2 is 1.03 bits per heavy atom. The summed E-state index contributed by atoms with van der Waals surface area (Å²) in [4.78, 5) is 0. The monoisotopic (exact) mass is 533 g/mol. The summed E-state index contributed by atoms with van der Waals surface area (Å²) in [6, 6.07) is 26.8. The van der Waals surface area contributed by atoms with Gasteiger partial charge in [0.1, 0.15) is 24.7 Å². The average Bonchev–Trinajstić information content (AvgIpc) is 2.93. The predicted molar refractivity (Wildman–Crippen MR) is 143 cm³/mol. The molecule has 0 saturated heterocycles. The van der Waals surface area contributed by atoms with Crippen molar-refractivity contribution in [3.63, 3.8) is 0 Å². The Labute approximate surface area is 220 Å². The summed E-state index contributed by atoms with van der Waals surface area (Å²) in [7, 11) is -2.35. The number of ether oxygens (including phenoxy) is 2. The van der Waals surface area contributed by atoms with Crippen molar-refractivity contribution in [2.75, 3.05) is 13.2 Å². The van der Waals surface area contributed by atoms with E-state index < -0.39 is 19.9 Å². The van der Waals surface area contributed by atoms with Crippen LogP contribution in [0, 0.1) is 11.6 Å². The van der Waals surface area contributed by atoms with E-state index in [4.69, 9.17) is 18.5 Å². The summed E-state index contributed by atoms with van der Waals surface area (Å²) in [6.07, 6.45) is 6.67. The summed E-state index contributed by atoms with van der Waals surface area (Å²) in [6.45, 7) is 0.0621. The molecule has 0 spiro atoms. The van der Waals surface area contributed by atoms with Gasteiger partial charge >= 0.3 is 8.25 Å². The summed E-state index contributed by atoms with van der Waals surface area (Å²) < 4.78 is 61.6. The molecular formula is C30H24F2O5P+. The van der Waals surface area contributed by atoms with E-state index >= 15 is 0 Å². The Kier molecular flexibility index (Phi) is 9.88. The van der Waals surface area contributed by atoms with Crippen LogP contribution in [0.1, 0.15) is 11.1 Å². The van der Waals surface area contributed by atoms with Crippen LogP contribution in [0.3, 0.4) is 0 Å². The number of rotatable bonds is 12. The maximum absolute atomic E-state index is 14.1. The fourth-order valence-electron chi connectivity index (χ4n) is 3.25. The van der Waals surface area contributed by atoms with Gasteiger partial charge in [-0.15, -0.1) is 9.05 Å². The van der Waals surface area contributed by atoms with Crippen LogP contribution in [0.25, 0.3) is 12.2 Å². The minimum atomic E-state index is -2.35. The van der Waals surface area contributed by atoms with E-state index in [1.54, 1.807) is 97.1 Å². The zero-order valence-electron chi connectivity index (χ0n) is 20.2. The molecule has 4 aromatic carbocycles. The lowest BCUT2D eigenvalue weighted by Crippen LogP contribution is -1.90. The number of hydrogen-bond acceptors (Lipinski definition) is 5. The SMILES string of the molecule is O=[P+](OCC=Cc1ccc(F)c(Oc2ccccc2)c1)OCC=Cc1ccc(F)c(Oc2ccccc2)c1. The first-order valence-corrected chi connectivity index (χ1v) is 12.8. The lowest BCUT2D eigenvalue weighted by Gasteiger charge is -2.07. The highest BCUT2D eigenvalue weighted by Gasteiger charge is 2.17. The standard InChI is InChI=1S/C30H24F2O5P/c31-27-17-15-23(21-29(27)36-25-11-3-1-4-12-25)9-7-19-34-38(33)35-20-8-10-24-16-18-28(32)30(22-24)37-26-13-5-2-6-14-26/h1-18,21-22H,19-20H2/q+1. The van der Waals surface area contributed by atoms with Gasteiger partial charge in [0, 0.05) is 4.57 Å². The van der Waals surface area contributed by atoms with E-state index in [-0.39, 0.29) is 24.7 Å². The van der Waals surface area contributed by atoms with Crippen LogP contribution in [0.5, 0.6) is 23.0 Å². The smallest absolute Gasteiger partial charge is 0.454 e. The number of halogens is 2. The van der Waals surface area contributed by atoms with E-state index in [9.17, 15) is 13.3 Å². The van der Waals surface area contributed by atoms with Gasteiger partial charge in [-0.25, -0.2) is 8.78 Å². The second kappa shape index (κ2) is 14.0. The molecule has 0 heterocycles. The fourth-order valence-corrected chi connectivity index (χ4v) is 3.74. The number of hydrogen-bond donors (Lipinski definition) is 0. The second-order valence-electron chi connectivity index (χ2n) is 7.83. The van der Waals surface area contributed by atoms with Crippen LogP contribution in [-0.2, 0) is 13.6 Å². The van der Waals surface area contributed by atoms with Crippen molar-refractivity contribution in [1.82, 2.24) is 0 Å². The third-order valence-electron chi connectivity index (χ3n) is 5.03. The van der Waals surface area contributed by atoms with Crippen molar-refractivity contribution in [3.8, 4) is 23.0 Å². The molecule has 4 rings (SSSR count). The van der Waals surface area contributed by atoms with Crippen molar-refractivity contribution in [3.05, 3.63) is 132 Å². The van der Waals surface area contributed by atoms with Crippen molar-refractivity contribution < 1.29 is 31.9 Å². The number of benzene rings is 4. The van der Waals surface area contributed by atoms with Crippen LogP contribution in [0.2, 0.25) is 0 Å². The quantitative estimate of drug-likeness (QED) is 0.170. The zero-order chi connectivity index (χ0) is 26.6. The van der Waals surface area contributed by atoms with E-state index in [2.05, 4.69) is 0 Å². The van der Waals surface area contributed by atoms with Crippen molar-refractivity contribution >= 4 is 20.4 Å². The predicted octanol–water partition coefficient (Wildman–Crippen LogP) is 8.97. The van der Waals surface area contributed by atoms with E-state index in [1.165, 1.54) is 12.1 Å². The normalized spacial score (nSPS) is 11.7. The van der Waals surface area contributed by atoms with Gasteiger partial charge in [-0.1, -0.05) is 72.8 Å². The summed E-state index contributed by atoms with van der Waals surface area (Å²) in [5, 5.41) is 0. The molecule has 192 valence electrons. The maximum atomic E-state index is 14.1. The van der Waals surface area contributed by atoms with Gasteiger partial charge in [-0.05, 0) is 59.7 Å². The van der Waals surface area contributed by atoms with E-state index in [0.29, 0.717) is 22.6 Å². The Morgan fingerprint density at radius 3 is 1.45 bits per heavy atom. The molecule has 0 aliphatic heterocycles. The van der Waals surface area contributed by atoms with Crippen LogP contribution >= 0.6 is 8.25 Å². The fraction of sp³-hybridized carbons (Fsp3) is 0.0667. The van der Waals surface area contributed by atoms with Gasteiger partial charge in [0.2, 0.25) is 0 Å². The van der Waals surface area contributed by atoms with Gasteiger partial charge in [-0.2, -0.15) is 0 Å². The summed E-state index contributed by atoms with van der Waals surface area (Å²) in [5.41, 5.74) is 1.38. The molecule has 0 aliphatic rings. The highest BCUT2D eigenvalue weighted by atomic mass is 31.1. The minimum absolute atomic E-state index is 0.0311. The molecule has 38 heavy (non-hydrogen) atoms. The van der Waals surface area contributed by atoms with E-state index in [1.807, 2.05) is 12.1 Å². The van der Waals surface area contributed by atoms with Gasteiger partial charge < -0.3 is 9.47 Å². The molecular weight excluding hydrogens is 509 g/mol. The molecule has 8 heteroatoms. The van der Waals surface area contributed by atoms with E-state index in [0.717, 1.165) is 0 Å². The lowest BCUT2D eigenvalue weighted by atomic mass is 10.2. The molecule has 0 radical (unpaired) electrons. The molecule has 4 aromatic rings. The molecule has 0 saturated carbocycles. The third kappa shape index (κ3) is 8.46. The van der Waals surface area contributed by atoms with Crippen LogP contribution in [0.4, 0.5) is 8.78 Å². The van der Waals surface area contributed by atoms with Crippen LogP contribution in [-0.4, -0.2) is 13.2 Å². The van der Waals surface area contributed by atoms with Crippen LogP contribution in [0.15, 0.2) is 109 Å². The summed E-state index contributed by atoms with van der Waals surface area (Å²) >= 11 is 0. The van der Waals surface area contributed by atoms with Gasteiger partial charge in [0.25, 0.3) is 0 Å². The molecule has 0 N–H and O–H groups in total. The maximum Gasteiger partial charge on any atom is 0.698 e. The topological polar surface area (TPSA) is 54.0 Å². The van der Waals surface area contributed by atoms with Gasteiger partial charge in [-0.3, -0.25) is 0 Å². The Hall–Kier alpha value is -4.16. The van der Waals surface area contributed by atoms with Crippen molar-refractivity contribution in [1.29, 1.82) is 0 Å². The first-order chi connectivity index (χ1) is 18.6. The molecule has 0 bridgehead atoms. The van der Waals surface area contributed by atoms with Crippen molar-refractivity contribution in [2.24, 2.45) is 0 Å². The van der Waals surface area contributed by atoms with Gasteiger partial charge in [0.15, 0.2) is 23.1 Å². The average molecular weight is 533 g/mol. The lowest BCUT2D eigenvalue weighted by molar-refractivity contribution is 0.261. The molecule has 0 atom stereocenters. The Morgan fingerprint density at radius 1 is 0.605 bits per heavy atom. The molecule has 0 aromatic heterocycles. The largest absolute Gasteiger partial charge is 0.698 e. The highest BCUT2D eigenvalue weighted by molar-refractivity contribution is 7.33. The molecule has 0 fully saturated rings.